The molecule has 9 heteroatoms. The highest BCUT2D eigenvalue weighted by molar-refractivity contribution is 8.01. The summed E-state index contributed by atoms with van der Waals surface area (Å²) >= 11 is 7.36. The van der Waals surface area contributed by atoms with Gasteiger partial charge in [0.25, 0.3) is 0 Å². The first-order chi connectivity index (χ1) is 14.9. The van der Waals surface area contributed by atoms with Gasteiger partial charge in [-0.2, -0.15) is 0 Å². The van der Waals surface area contributed by atoms with Crippen molar-refractivity contribution in [3.63, 3.8) is 0 Å². The molecule has 2 aromatic carbocycles. The molecular weight excluding hydrogens is 443 g/mol. The van der Waals surface area contributed by atoms with E-state index in [0.29, 0.717) is 22.5 Å². The summed E-state index contributed by atoms with van der Waals surface area (Å²) < 4.78 is 23.4. The number of carbonyl (C=O) groups excluding carboxylic acids is 2. The maximum absolute atomic E-state index is 12.9. The Labute approximate surface area is 188 Å². The van der Waals surface area contributed by atoms with Gasteiger partial charge in [0.2, 0.25) is 5.91 Å². The van der Waals surface area contributed by atoms with Crippen molar-refractivity contribution in [2.45, 2.75) is 18.8 Å². The molecule has 0 spiro atoms. The average molecular weight is 463 g/mol. The van der Waals surface area contributed by atoms with E-state index in [2.05, 4.69) is 10.3 Å². The Morgan fingerprint density at radius 1 is 1.19 bits per heavy atom. The number of thioether (sulfide) groups is 1. The van der Waals surface area contributed by atoms with Gasteiger partial charge in [-0.25, -0.2) is 9.37 Å². The van der Waals surface area contributed by atoms with Gasteiger partial charge in [0.05, 0.1) is 18.4 Å². The Morgan fingerprint density at radius 2 is 1.94 bits per heavy atom. The zero-order valence-corrected chi connectivity index (χ0v) is 18.4. The first kappa shape index (κ1) is 22.8. The minimum Gasteiger partial charge on any atom is -0.497 e. The fourth-order valence-corrected chi connectivity index (χ4v) is 3.54. The summed E-state index contributed by atoms with van der Waals surface area (Å²) in [6, 6.07) is 12.7. The fraction of sp³-hybridized carbons (Fsp3) is 0.227. The van der Waals surface area contributed by atoms with Crippen molar-refractivity contribution in [1.82, 2.24) is 4.98 Å². The molecule has 1 unspecified atom stereocenters. The van der Waals surface area contributed by atoms with Gasteiger partial charge in [-0.3, -0.25) is 9.59 Å². The van der Waals surface area contributed by atoms with E-state index in [4.69, 9.17) is 21.1 Å². The van der Waals surface area contributed by atoms with E-state index in [1.54, 1.807) is 20.1 Å². The third-order valence-corrected chi connectivity index (χ3v) is 5.79. The summed E-state index contributed by atoms with van der Waals surface area (Å²) in [5.74, 6) is -0.429. The van der Waals surface area contributed by atoms with Gasteiger partial charge in [0, 0.05) is 22.7 Å². The molecule has 0 aliphatic heterocycles. The third-order valence-electron chi connectivity index (χ3n) is 4.35. The number of hydrogen-bond acceptors (Lipinski definition) is 6. The van der Waals surface area contributed by atoms with E-state index in [1.165, 1.54) is 24.3 Å². The molecule has 0 fully saturated rings. The van der Waals surface area contributed by atoms with Crippen molar-refractivity contribution in [2.75, 3.05) is 18.2 Å². The molecule has 31 heavy (non-hydrogen) atoms. The highest BCUT2D eigenvalue weighted by Crippen LogP contribution is 2.25. The van der Waals surface area contributed by atoms with Crippen molar-refractivity contribution in [1.29, 1.82) is 0 Å². The molecule has 0 saturated carbocycles. The SMILES string of the molecule is COc1ccc2cc(COC(=O)C(C)SCC(=O)Nc3ccc(F)cc3)c(Cl)nc2c1. The Balaban J connectivity index is 1.51. The van der Waals surface area contributed by atoms with E-state index in [9.17, 15) is 14.0 Å². The molecular formula is C22H20ClFN2O4S. The summed E-state index contributed by atoms with van der Waals surface area (Å²) in [7, 11) is 1.57. The normalized spacial score (nSPS) is 11.7. The average Bonchev–Trinajstić information content (AvgIpc) is 2.76. The van der Waals surface area contributed by atoms with Gasteiger partial charge in [0.1, 0.15) is 28.6 Å². The van der Waals surface area contributed by atoms with Crippen LogP contribution in [-0.2, 0) is 20.9 Å². The van der Waals surface area contributed by atoms with Gasteiger partial charge in [-0.05, 0) is 49.4 Å². The highest BCUT2D eigenvalue weighted by atomic mass is 35.5. The van der Waals surface area contributed by atoms with Crippen LogP contribution in [0.4, 0.5) is 10.1 Å². The second kappa shape index (κ2) is 10.5. The number of esters is 1. The van der Waals surface area contributed by atoms with Crippen LogP contribution in [0.3, 0.4) is 0 Å². The Bertz CT molecular complexity index is 1090. The molecule has 1 N–H and O–H groups in total. The van der Waals surface area contributed by atoms with Gasteiger partial charge < -0.3 is 14.8 Å². The van der Waals surface area contributed by atoms with Crippen LogP contribution in [0, 0.1) is 5.82 Å². The predicted octanol–water partition coefficient (Wildman–Crippen LogP) is 4.84. The van der Waals surface area contributed by atoms with Gasteiger partial charge in [-0.15, -0.1) is 11.8 Å². The number of pyridine rings is 1. The molecule has 0 saturated heterocycles. The van der Waals surface area contributed by atoms with E-state index in [1.807, 2.05) is 18.2 Å². The zero-order chi connectivity index (χ0) is 22.4. The topological polar surface area (TPSA) is 77.5 Å². The number of halogens is 2. The number of nitrogens with zero attached hydrogens (tertiary/aromatic N) is 1. The lowest BCUT2D eigenvalue weighted by Gasteiger charge is -2.12. The number of amides is 1. The smallest absolute Gasteiger partial charge is 0.319 e. The van der Waals surface area contributed by atoms with E-state index in [-0.39, 0.29) is 29.2 Å². The van der Waals surface area contributed by atoms with Crippen LogP contribution in [0.15, 0.2) is 48.5 Å². The maximum Gasteiger partial charge on any atom is 0.319 e. The Hall–Kier alpha value is -2.84. The lowest BCUT2D eigenvalue weighted by atomic mass is 10.1. The van der Waals surface area contributed by atoms with Gasteiger partial charge in [-0.1, -0.05) is 11.6 Å². The zero-order valence-electron chi connectivity index (χ0n) is 16.9. The minimum atomic E-state index is -0.560. The van der Waals surface area contributed by atoms with E-state index < -0.39 is 11.2 Å². The van der Waals surface area contributed by atoms with Crippen LogP contribution in [0.2, 0.25) is 5.15 Å². The summed E-state index contributed by atoms with van der Waals surface area (Å²) in [6.07, 6.45) is 0. The molecule has 3 rings (SSSR count). The van der Waals surface area contributed by atoms with Crippen molar-refractivity contribution in [2.24, 2.45) is 0 Å². The molecule has 1 amide bonds. The van der Waals surface area contributed by atoms with Gasteiger partial charge >= 0.3 is 5.97 Å². The number of hydrogen-bond donors (Lipinski definition) is 1. The first-order valence-corrected chi connectivity index (χ1v) is 10.7. The standard InChI is InChI=1S/C22H20ClFN2O4S/c1-13(31-12-20(27)25-17-6-4-16(24)5-7-17)22(28)30-11-15-9-14-3-8-18(29-2)10-19(14)26-21(15)23/h3-10,13H,11-12H2,1-2H3,(H,25,27). The largest absolute Gasteiger partial charge is 0.497 e. The quantitative estimate of drug-likeness (QED) is 0.381. The summed E-state index contributed by atoms with van der Waals surface area (Å²) in [6.45, 7) is 1.63. The van der Waals surface area contributed by atoms with Crippen LogP contribution in [0.25, 0.3) is 10.9 Å². The monoisotopic (exact) mass is 462 g/mol. The van der Waals surface area contributed by atoms with E-state index >= 15 is 0 Å². The second-order valence-electron chi connectivity index (χ2n) is 6.61. The fourth-order valence-electron chi connectivity index (χ4n) is 2.66. The number of aromatic nitrogens is 1. The molecule has 0 radical (unpaired) electrons. The van der Waals surface area contributed by atoms with Crippen LogP contribution in [0.1, 0.15) is 12.5 Å². The Morgan fingerprint density at radius 3 is 2.65 bits per heavy atom. The van der Waals surface area contributed by atoms with Crippen molar-refractivity contribution >= 4 is 51.8 Å². The summed E-state index contributed by atoms with van der Waals surface area (Å²) in [4.78, 5) is 28.6. The molecule has 0 aliphatic rings. The lowest BCUT2D eigenvalue weighted by molar-refractivity contribution is -0.143. The second-order valence-corrected chi connectivity index (χ2v) is 8.30. The summed E-state index contributed by atoms with van der Waals surface area (Å²) in [5.41, 5.74) is 1.74. The molecule has 1 atom stereocenters. The molecule has 1 aromatic heterocycles. The van der Waals surface area contributed by atoms with Crippen LogP contribution < -0.4 is 10.1 Å². The molecule has 0 bridgehead atoms. The first-order valence-electron chi connectivity index (χ1n) is 9.32. The number of benzene rings is 2. The third kappa shape index (κ3) is 6.32. The van der Waals surface area contributed by atoms with Crippen LogP contribution in [0.5, 0.6) is 5.75 Å². The molecule has 3 aromatic rings. The number of fused-ring (bicyclic) bond motifs is 1. The Kier molecular flexibility index (Phi) is 7.70. The number of carbonyl (C=O) groups is 2. The van der Waals surface area contributed by atoms with E-state index in [0.717, 1.165) is 17.1 Å². The predicted molar refractivity (Wildman–Crippen MR) is 120 cm³/mol. The highest BCUT2D eigenvalue weighted by Gasteiger charge is 2.18. The lowest BCUT2D eigenvalue weighted by Crippen LogP contribution is -2.21. The minimum absolute atomic E-state index is 0.0285. The molecule has 6 nitrogen and oxygen atoms in total. The number of rotatable bonds is 8. The van der Waals surface area contributed by atoms with Crippen molar-refractivity contribution in [3.8, 4) is 5.75 Å². The number of nitrogens with one attached hydrogen (secondary N) is 1. The van der Waals surface area contributed by atoms with Crippen molar-refractivity contribution < 1.29 is 23.5 Å². The number of ether oxygens (including phenoxy) is 2. The van der Waals surface area contributed by atoms with Gasteiger partial charge in [0.15, 0.2) is 0 Å². The molecule has 162 valence electrons. The van der Waals surface area contributed by atoms with Crippen LogP contribution >= 0.6 is 23.4 Å². The maximum atomic E-state index is 12.9. The number of anilines is 1. The van der Waals surface area contributed by atoms with Crippen molar-refractivity contribution in [3.05, 3.63) is 65.1 Å². The van der Waals surface area contributed by atoms with Crippen LogP contribution in [-0.4, -0.2) is 35.0 Å². The molecule has 1 heterocycles. The molecule has 0 aliphatic carbocycles. The number of methoxy groups -OCH3 is 1. The summed E-state index contributed by atoms with van der Waals surface area (Å²) in [5, 5.41) is 3.17.